The van der Waals surface area contributed by atoms with Crippen LogP contribution in [0.3, 0.4) is 0 Å². The fraction of sp³-hybridized carbons (Fsp3) is 0.167. The first-order valence-corrected chi connectivity index (χ1v) is 13.9. The normalized spacial score (nSPS) is 15.5. The Kier molecular flexibility index (Phi) is 7.71. The van der Waals surface area contributed by atoms with Gasteiger partial charge in [0.2, 0.25) is 23.8 Å². The van der Waals surface area contributed by atoms with Crippen LogP contribution in [-0.4, -0.2) is 64.5 Å². The SMILES string of the molecule is COc1ccc(C(=O)COC(=O)c2ccc(N3C(=O)CC(Sc4nncc(-c5ccc6c(c5)OCO6)n4)C3=O)cc2)cc1. The Morgan fingerprint density at radius 2 is 1.72 bits per heavy atom. The lowest BCUT2D eigenvalue weighted by Gasteiger charge is -2.15. The van der Waals surface area contributed by atoms with Crippen molar-refractivity contribution in [3.8, 4) is 28.5 Å². The number of ketones is 1. The molecule has 0 spiro atoms. The summed E-state index contributed by atoms with van der Waals surface area (Å²) < 4.78 is 21.0. The third-order valence-corrected chi connectivity index (χ3v) is 7.70. The van der Waals surface area contributed by atoms with Crippen molar-refractivity contribution < 1.29 is 38.1 Å². The molecular formula is C30H22N4O8S. The van der Waals surface area contributed by atoms with Crippen molar-refractivity contribution in [3.05, 3.63) is 84.1 Å². The Morgan fingerprint density at radius 3 is 2.49 bits per heavy atom. The number of fused-ring (bicyclic) bond motifs is 1. The van der Waals surface area contributed by atoms with Crippen LogP contribution in [0.1, 0.15) is 27.1 Å². The predicted molar refractivity (Wildman–Crippen MR) is 152 cm³/mol. The molecule has 2 aliphatic rings. The monoisotopic (exact) mass is 598 g/mol. The fourth-order valence-electron chi connectivity index (χ4n) is 4.45. The zero-order valence-electron chi connectivity index (χ0n) is 22.6. The number of benzene rings is 3. The molecule has 0 saturated carbocycles. The Labute approximate surface area is 248 Å². The maximum atomic E-state index is 13.2. The number of hydrogen-bond acceptors (Lipinski definition) is 12. The number of ether oxygens (including phenoxy) is 4. The van der Waals surface area contributed by atoms with Gasteiger partial charge < -0.3 is 18.9 Å². The molecule has 0 radical (unpaired) electrons. The van der Waals surface area contributed by atoms with E-state index in [1.165, 1.54) is 37.6 Å². The summed E-state index contributed by atoms with van der Waals surface area (Å²) in [5.74, 6) is -0.0851. The van der Waals surface area contributed by atoms with Gasteiger partial charge in [0, 0.05) is 17.5 Å². The number of thioether (sulfide) groups is 1. The van der Waals surface area contributed by atoms with Crippen molar-refractivity contribution >= 4 is 41.0 Å². The number of amides is 2. The standard InChI is InChI=1S/C30H22N4O8S/c1-39-21-9-4-17(5-10-21)23(35)15-40-29(38)18-2-7-20(8-3-18)34-27(36)13-26(28(34)37)43-30-32-22(14-31-33-30)19-6-11-24-25(12-19)42-16-41-24/h2-12,14,26H,13,15-16H2,1H3. The Hall–Kier alpha value is -5.30. The molecule has 0 N–H and O–H groups in total. The van der Waals surface area contributed by atoms with Crippen LogP contribution in [0.5, 0.6) is 17.2 Å². The summed E-state index contributed by atoms with van der Waals surface area (Å²) in [7, 11) is 1.52. The molecule has 1 fully saturated rings. The molecule has 1 unspecified atom stereocenters. The lowest BCUT2D eigenvalue weighted by Crippen LogP contribution is -2.31. The fourth-order valence-corrected chi connectivity index (χ4v) is 5.38. The highest BCUT2D eigenvalue weighted by Gasteiger charge is 2.41. The lowest BCUT2D eigenvalue weighted by atomic mass is 10.1. The molecule has 0 bridgehead atoms. The second kappa shape index (κ2) is 11.9. The van der Waals surface area contributed by atoms with E-state index in [0.29, 0.717) is 34.2 Å². The summed E-state index contributed by atoms with van der Waals surface area (Å²) in [6, 6.07) is 17.6. The highest BCUT2D eigenvalue weighted by atomic mass is 32.2. The number of carbonyl (C=O) groups excluding carboxylic acids is 4. The quantitative estimate of drug-likeness (QED) is 0.157. The molecule has 12 nitrogen and oxygen atoms in total. The van der Waals surface area contributed by atoms with Crippen LogP contribution in [0, 0.1) is 0 Å². The van der Waals surface area contributed by atoms with Crippen LogP contribution in [-0.2, 0) is 14.3 Å². The van der Waals surface area contributed by atoms with E-state index < -0.39 is 29.6 Å². The molecule has 0 aliphatic carbocycles. The van der Waals surface area contributed by atoms with E-state index in [2.05, 4.69) is 15.2 Å². The summed E-state index contributed by atoms with van der Waals surface area (Å²) in [5.41, 5.74) is 2.11. The van der Waals surface area contributed by atoms with Crippen molar-refractivity contribution in [1.82, 2.24) is 15.2 Å². The van der Waals surface area contributed by atoms with Crippen LogP contribution in [0.2, 0.25) is 0 Å². The Bertz CT molecular complexity index is 1730. The van der Waals surface area contributed by atoms with Crippen LogP contribution in [0.15, 0.2) is 78.1 Å². The van der Waals surface area contributed by atoms with E-state index >= 15 is 0 Å². The minimum absolute atomic E-state index is 0.0572. The molecule has 43 heavy (non-hydrogen) atoms. The maximum absolute atomic E-state index is 13.2. The predicted octanol–water partition coefficient (Wildman–Crippen LogP) is 3.74. The number of esters is 1. The first kappa shape index (κ1) is 27.8. The number of hydrogen-bond donors (Lipinski definition) is 0. The second-order valence-corrected chi connectivity index (χ2v) is 10.5. The largest absolute Gasteiger partial charge is 0.497 e. The molecule has 3 aromatic carbocycles. The number of imide groups is 1. The highest BCUT2D eigenvalue weighted by Crippen LogP contribution is 2.36. The van der Waals surface area contributed by atoms with Crippen LogP contribution in [0.25, 0.3) is 11.3 Å². The summed E-state index contributed by atoms with van der Waals surface area (Å²) in [5, 5.41) is 7.52. The molecule has 1 saturated heterocycles. The van der Waals surface area contributed by atoms with Gasteiger partial charge >= 0.3 is 5.97 Å². The molecule has 6 rings (SSSR count). The molecular weight excluding hydrogens is 576 g/mol. The second-order valence-electron chi connectivity index (χ2n) is 9.34. The van der Waals surface area contributed by atoms with E-state index in [1.54, 1.807) is 36.4 Å². The minimum Gasteiger partial charge on any atom is -0.497 e. The van der Waals surface area contributed by atoms with Crippen molar-refractivity contribution in [3.63, 3.8) is 0 Å². The number of aromatic nitrogens is 3. The van der Waals surface area contributed by atoms with Gasteiger partial charge in [-0.1, -0.05) is 11.8 Å². The van der Waals surface area contributed by atoms with Gasteiger partial charge in [-0.15, -0.1) is 5.10 Å². The van der Waals surface area contributed by atoms with Crippen LogP contribution in [0.4, 0.5) is 5.69 Å². The summed E-state index contributed by atoms with van der Waals surface area (Å²) in [6.45, 7) is -0.295. The zero-order valence-corrected chi connectivity index (χ0v) is 23.4. The number of rotatable bonds is 9. The third kappa shape index (κ3) is 5.88. The summed E-state index contributed by atoms with van der Waals surface area (Å²) in [6.07, 6.45) is 1.44. The highest BCUT2D eigenvalue weighted by molar-refractivity contribution is 8.00. The Balaban J connectivity index is 1.08. The van der Waals surface area contributed by atoms with Gasteiger partial charge in [0.25, 0.3) is 0 Å². The maximum Gasteiger partial charge on any atom is 0.338 e. The lowest BCUT2D eigenvalue weighted by molar-refractivity contribution is -0.121. The summed E-state index contributed by atoms with van der Waals surface area (Å²) in [4.78, 5) is 56.5. The molecule has 3 heterocycles. The number of methoxy groups -OCH3 is 1. The zero-order chi connectivity index (χ0) is 29.9. The number of carbonyl (C=O) groups is 4. The number of Topliss-reactive ketones (excluding diaryl/α,β-unsaturated/α-hetero) is 1. The molecule has 13 heteroatoms. The van der Waals surface area contributed by atoms with E-state index in [-0.39, 0.29) is 29.7 Å². The van der Waals surface area contributed by atoms with Gasteiger partial charge in [-0.3, -0.25) is 14.4 Å². The van der Waals surface area contributed by atoms with Gasteiger partial charge in [-0.2, -0.15) is 5.10 Å². The third-order valence-electron chi connectivity index (χ3n) is 6.67. The Morgan fingerprint density at radius 1 is 0.977 bits per heavy atom. The van der Waals surface area contributed by atoms with E-state index in [4.69, 9.17) is 18.9 Å². The van der Waals surface area contributed by atoms with E-state index in [0.717, 1.165) is 22.2 Å². The molecule has 1 atom stereocenters. The van der Waals surface area contributed by atoms with Crippen molar-refractivity contribution in [2.75, 3.05) is 25.4 Å². The van der Waals surface area contributed by atoms with E-state index in [9.17, 15) is 19.2 Å². The van der Waals surface area contributed by atoms with E-state index in [1.807, 2.05) is 6.07 Å². The molecule has 2 amide bonds. The molecule has 4 aromatic rings. The average Bonchev–Trinajstić information content (AvgIpc) is 3.62. The first-order chi connectivity index (χ1) is 20.9. The average molecular weight is 599 g/mol. The topological polar surface area (TPSA) is 147 Å². The molecule has 1 aromatic heterocycles. The van der Waals surface area contributed by atoms with Gasteiger partial charge in [0.15, 0.2) is 23.9 Å². The van der Waals surface area contributed by atoms with Gasteiger partial charge in [-0.05, 0) is 66.7 Å². The van der Waals surface area contributed by atoms with Crippen LogP contribution >= 0.6 is 11.8 Å². The minimum atomic E-state index is -0.755. The smallest absolute Gasteiger partial charge is 0.338 e. The number of nitrogens with zero attached hydrogens (tertiary/aromatic N) is 4. The van der Waals surface area contributed by atoms with Crippen molar-refractivity contribution in [2.45, 2.75) is 16.8 Å². The van der Waals surface area contributed by atoms with Crippen molar-refractivity contribution in [1.29, 1.82) is 0 Å². The van der Waals surface area contributed by atoms with Gasteiger partial charge in [0.1, 0.15) is 11.0 Å². The van der Waals surface area contributed by atoms with Crippen LogP contribution < -0.4 is 19.1 Å². The van der Waals surface area contributed by atoms with Gasteiger partial charge in [0.05, 0.1) is 30.3 Å². The number of anilines is 1. The van der Waals surface area contributed by atoms with Gasteiger partial charge in [-0.25, -0.2) is 14.7 Å². The molecule has 216 valence electrons. The molecule has 2 aliphatic heterocycles. The van der Waals surface area contributed by atoms with Crippen molar-refractivity contribution in [2.24, 2.45) is 0 Å². The summed E-state index contributed by atoms with van der Waals surface area (Å²) >= 11 is 1.05. The first-order valence-electron chi connectivity index (χ1n) is 13.0.